The molecule has 1 aromatic carbocycles. The molecule has 3 rings (SSSR count). The minimum Gasteiger partial charge on any atom is -0.399 e. The van der Waals surface area contributed by atoms with Crippen molar-refractivity contribution in [2.24, 2.45) is 0 Å². The first-order valence-corrected chi connectivity index (χ1v) is 10.6. The van der Waals surface area contributed by atoms with Crippen molar-refractivity contribution in [1.29, 1.82) is 0 Å². The van der Waals surface area contributed by atoms with Crippen LogP contribution in [0.5, 0.6) is 0 Å². The highest BCUT2D eigenvalue weighted by atomic mass is 35.5. The van der Waals surface area contributed by atoms with Gasteiger partial charge >= 0.3 is 7.12 Å². The average molecular weight is 379 g/mol. The molecule has 25 heavy (non-hydrogen) atoms. The summed E-state index contributed by atoms with van der Waals surface area (Å²) in [5.41, 5.74) is 0.632. The van der Waals surface area contributed by atoms with Crippen molar-refractivity contribution in [2.75, 3.05) is 5.88 Å². The lowest BCUT2D eigenvalue weighted by molar-refractivity contribution is 0.00578. The number of unbranched alkanes of at least 4 members (excludes halogenated alkanes) is 3. The molecule has 0 radical (unpaired) electrons. The van der Waals surface area contributed by atoms with Gasteiger partial charge in [-0.2, -0.15) is 0 Å². The van der Waals surface area contributed by atoms with Crippen molar-refractivity contribution in [3.05, 3.63) is 29.1 Å². The Kier molecular flexibility index (Phi) is 5.84. The second kappa shape index (κ2) is 7.60. The van der Waals surface area contributed by atoms with E-state index in [4.69, 9.17) is 20.9 Å². The zero-order chi connectivity index (χ0) is 18.1. The van der Waals surface area contributed by atoms with E-state index in [1.54, 1.807) is 0 Å². The molecule has 1 aliphatic heterocycles. The van der Waals surface area contributed by atoms with Crippen LogP contribution < -0.4 is 5.46 Å². The number of hydrogen-bond donors (Lipinski definition) is 0. The molecule has 0 N–H and O–H groups in total. The molecular formula is C20H28BClO2S. The molecular weight excluding hydrogens is 351 g/mol. The van der Waals surface area contributed by atoms with Crippen LogP contribution in [0.1, 0.15) is 58.3 Å². The SMILES string of the molecule is CC1(C)OB(c2c(CCCCCCCl)sc3ccccc23)OC1(C)C. The van der Waals surface area contributed by atoms with Gasteiger partial charge in [-0.3, -0.25) is 0 Å². The number of thiophene rings is 1. The molecule has 1 saturated heterocycles. The Morgan fingerprint density at radius 1 is 0.960 bits per heavy atom. The normalized spacial score (nSPS) is 19.0. The van der Waals surface area contributed by atoms with Gasteiger partial charge in [0.2, 0.25) is 0 Å². The standard InChI is InChI=1S/C20H28BClO2S/c1-19(2)20(3,4)24-21(23-19)18-15-11-8-9-12-16(15)25-17(18)13-7-5-6-10-14-22/h8-9,11-12H,5-7,10,13-14H2,1-4H3. The van der Waals surface area contributed by atoms with Gasteiger partial charge in [-0.1, -0.05) is 31.0 Å². The van der Waals surface area contributed by atoms with Crippen LogP contribution in [-0.2, 0) is 15.7 Å². The van der Waals surface area contributed by atoms with Crippen molar-refractivity contribution >= 4 is 45.6 Å². The summed E-state index contributed by atoms with van der Waals surface area (Å²) in [6.07, 6.45) is 5.82. The van der Waals surface area contributed by atoms with Crippen LogP contribution >= 0.6 is 22.9 Å². The monoisotopic (exact) mass is 378 g/mol. The summed E-state index contributed by atoms with van der Waals surface area (Å²) in [4.78, 5) is 1.41. The summed E-state index contributed by atoms with van der Waals surface area (Å²) in [6.45, 7) is 8.47. The zero-order valence-corrected chi connectivity index (χ0v) is 17.3. The highest BCUT2D eigenvalue weighted by molar-refractivity contribution is 7.20. The molecule has 1 aromatic heterocycles. The fraction of sp³-hybridized carbons (Fsp3) is 0.600. The van der Waals surface area contributed by atoms with Crippen molar-refractivity contribution in [3.63, 3.8) is 0 Å². The molecule has 0 atom stereocenters. The van der Waals surface area contributed by atoms with Gasteiger partial charge in [0.05, 0.1) is 11.2 Å². The Morgan fingerprint density at radius 3 is 2.28 bits per heavy atom. The van der Waals surface area contributed by atoms with E-state index in [2.05, 4.69) is 52.0 Å². The van der Waals surface area contributed by atoms with Crippen LogP contribution in [0.3, 0.4) is 0 Å². The molecule has 1 fully saturated rings. The predicted molar refractivity (Wildman–Crippen MR) is 110 cm³/mol. The smallest absolute Gasteiger partial charge is 0.399 e. The molecule has 5 heteroatoms. The molecule has 1 aliphatic rings. The highest BCUT2D eigenvalue weighted by Crippen LogP contribution is 2.38. The molecule has 136 valence electrons. The maximum atomic E-state index is 6.37. The molecule has 0 saturated carbocycles. The van der Waals surface area contributed by atoms with Gasteiger partial charge in [-0.25, -0.2) is 0 Å². The van der Waals surface area contributed by atoms with Crippen LogP contribution in [0.25, 0.3) is 10.1 Å². The third kappa shape index (κ3) is 3.92. The largest absolute Gasteiger partial charge is 0.496 e. The molecule has 2 aromatic rings. The summed E-state index contributed by atoms with van der Waals surface area (Å²) >= 11 is 7.67. The molecule has 0 bridgehead atoms. The lowest BCUT2D eigenvalue weighted by Gasteiger charge is -2.32. The Labute approximate surface area is 161 Å². The minimum absolute atomic E-state index is 0.279. The van der Waals surface area contributed by atoms with Gasteiger partial charge in [-0.05, 0) is 58.4 Å². The number of hydrogen-bond acceptors (Lipinski definition) is 3. The summed E-state index contributed by atoms with van der Waals surface area (Å²) < 4.78 is 14.1. The van der Waals surface area contributed by atoms with Crippen molar-refractivity contribution in [1.82, 2.24) is 0 Å². The summed E-state index contributed by atoms with van der Waals surface area (Å²) in [5.74, 6) is 0.766. The quantitative estimate of drug-likeness (QED) is 0.357. The number of alkyl halides is 1. The third-order valence-electron chi connectivity index (χ3n) is 5.49. The third-order valence-corrected chi connectivity index (χ3v) is 7.00. The van der Waals surface area contributed by atoms with E-state index in [1.165, 1.54) is 39.7 Å². The number of benzene rings is 1. The van der Waals surface area contributed by atoms with Gasteiger partial charge in [0.15, 0.2) is 0 Å². The fourth-order valence-electron chi connectivity index (χ4n) is 3.25. The van der Waals surface area contributed by atoms with Gasteiger partial charge in [0.25, 0.3) is 0 Å². The Hall–Kier alpha value is -0.545. The van der Waals surface area contributed by atoms with Crippen LogP contribution in [0.15, 0.2) is 24.3 Å². The Balaban J connectivity index is 1.87. The lowest BCUT2D eigenvalue weighted by atomic mass is 9.76. The van der Waals surface area contributed by atoms with E-state index in [0.717, 1.165) is 18.7 Å². The summed E-state index contributed by atoms with van der Waals surface area (Å²) in [6, 6.07) is 8.61. The van der Waals surface area contributed by atoms with E-state index in [-0.39, 0.29) is 18.3 Å². The minimum atomic E-state index is -0.307. The number of rotatable bonds is 7. The first kappa shape index (κ1) is 19.2. The van der Waals surface area contributed by atoms with Crippen LogP contribution in [0, 0.1) is 0 Å². The second-order valence-corrected chi connectivity index (χ2v) is 9.39. The van der Waals surface area contributed by atoms with Crippen LogP contribution in [0.4, 0.5) is 0 Å². The average Bonchev–Trinajstić information content (AvgIpc) is 3.01. The van der Waals surface area contributed by atoms with Gasteiger partial charge in [-0.15, -0.1) is 22.9 Å². The Bertz CT molecular complexity index is 710. The van der Waals surface area contributed by atoms with Crippen LogP contribution in [0.2, 0.25) is 0 Å². The number of fused-ring (bicyclic) bond motifs is 1. The summed E-state index contributed by atoms with van der Waals surface area (Å²) in [5, 5.41) is 1.28. The molecule has 2 heterocycles. The maximum absolute atomic E-state index is 6.37. The molecule has 0 amide bonds. The van der Waals surface area contributed by atoms with E-state index in [9.17, 15) is 0 Å². The van der Waals surface area contributed by atoms with Crippen LogP contribution in [-0.4, -0.2) is 24.2 Å². The second-order valence-electron chi connectivity index (χ2n) is 7.88. The predicted octanol–water partition coefficient (Wildman–Crippen LogP) is 5.54. The molecule has 0 aliphatic carbocycles. The van der Waals surface area contributed by atoms with E-state index < -0.39 is 0 Å². The van der Waals surface area contributed by atoms with Crippen molar-refractivity contribution < 1.29 is 9.31 Å². The van der Waals surface area contributed by atoms with Crippen molar-refractivity contribution in [2.45, 2.75) is 71.0 Å². The van der Waals surface area contributed by atoms with E-state index in [1.807, 2.05) is 11.3 Å². The number of halogens is 1. The highest BCUT2D eigenvalue weighted by Gasteiger charge is 2.52. The topological polar surface area (TPSA) is 18.5 Å². The zero-order valence-electron chi connectivity index (χ0n) is 15.7. The fourth-order valence-corrected chi connectivity index (χ4v) is 4.71. The Morgan fingerprint density at radius 2 is 1.60 bits per heavy atom. The maximum Gasteiger partial charge on any atom is 0.496 e. The lowest BCUT2D eigenvalue weighted by Crippen LogP contribution is -2.41. The van der Waals surface area contributed by atoms with Crippen molar-refractivity contribution in [3.8, 4) is 0 Å². The van der Waals surface area contributed by atoms with E-state index >= 15 is 0 Å². The number of aryl methyl sites for hydroxylation is 1. The first-order valence-electron chi connectivity index (χ1n) is 9.27. The van der Waals surface area contributed by atoms with Gasteiger partial charge < -0.3 is 9.31 Å². The molecule has 0 spiro atoms. The molecule has 0 unspecified atom stereocenters. The first-order chi connectivity index (χ1) is 11.9. The summed E-state index contributed by atoms with van der Waals surface area (Å²) in [7, 11) is -0.279. The van der Waals surface area contributed by atoms with E-state index in [0.29, 0.717) is 0 Å². The van der Waals surface area contributed by atoms with Gasteiger partial charge in [0, 0.05) is 20.9 Å². The van der Waals surface area contributed by atoms with Gasteiger partial charge in [0.1, 0.15) is 0 Å². The molecule has 2 nitrogen and oxygen atoms in total.